The summed E-state index contributed by atoms with van der Waals surface area (Å²) in [6.07, 6.45) is -4.77. The fourth-order valence-corrected chi connectivity index (χ4v) is 5.80. The number of carbonyl (C=O) groups is 1. The summed E-state index contributed by atoms with van der Waals surface area (Å²) in [5.41, 5.74) is 0. The summed E-state index contributed by atoms with van der Waals surface area (Å²) >= 11 is 1.17. The summed E-state index contributed by atoms with van der Waals surface area (Å²) in [5, 5.41) is 10.8. The molecule has 0 bridgehead atoms. The smallest absolute Gasteiger partial charge is 0.393 e. The van der Waals surface area contributed by atoms with Crippen molar-refractivity contribution in [3.05, 3.63) is 29.6 Å². The first kappa shape index (κ1) is 17.2. The highest BCUT2D eigenvalue weighted by Gasteiger charge is 2.55. The molecule has 2 heterocycles. The van der Waals surface area contributed by atoms with E-state index in [9.17, 15) is 26.4 Å². The summed E-state index contributed by atoms with van der Waals surface area (Å²) in [6, 6.07) is 6.65. The predicted octanol–water partition coefficient (Wildman–Crippen LogP) is 2.78. The van der Waals surface area contributed by atoms with Gasteiger partial charge in [0.25, 0.3) is 0 Å². The van der Waals surface area contributed by atoms with Crippen LogP contribution in [0.4, 0.5) is 13.2 Å². The maximum atomic E-state index is 13.0. The second kappa shape index (κ2) is 5.71. The van der Waals surface area contributed by atoms with E-state index in [1.165, 1.54) is 16.7 Å². The maximum Gasteiger partial charge on any atom is 0.393 e. The number of hydrogen-bond donors (Lipinski definition) is 1. The average Bonchev–Trinajstić information content (AvgIpc) is 3.12. The second-order valence-corrected chi connectivity index (χ2v) is 8.33. The monoisotopic (exact) mass is 379 g/mol. The number of rotatable bonds is 3. The zero-order valence-corrected chi connectivity index (χ0v) is 13.7. The first-order valence-electron chi connectivity index (χ1n) is 6.88. The third-order valence-corrected chi connectivity index (χ3v) is 7.07. The minimum atomic E-state index is -4.77. The number of alkyl halides is 3. The number of nitrogens with zero attached hydrogens (tertiary/aromatic N) is 1. The van der Waals surface area contributed by atoms with Crippen molar-refractivity contribution >= 4 is 37.4 Å². The summed E-state index contributed by atoms with van der Waals surface area (Å²) in [5.74, 6) is -5.66. The molecule has 10 heteroatoms. The first-order chi connectivity index (χ1) is 11.1. The Balaban J connectivity index is 2.00. The van der Waals surface area contributed by atoms with E-state index in [2.05, 4.69) is 0 Å². The van der Waals surface area contributed by atoms with E-state index in [1.807, 2.05) is 0 Å². The van der Waals surface area contributed by atoms with Crippen molar-refractivity contribution in [3.8, 4) is 0 Å². The number of benzene rings is 1. The minimum Gasteiger partial charge on any atom is -0.481 e. The van der Waals surface area contributed by atoms with Crippen molar-refractivity contribution in [2.45, 2.75) is 11.1 Å². The SMILES string of the molecule is O=C(O)[C@@H]1CN(S(=O)(=O)c2csc3ccccc23)C[C@H]1C(F)(F)F. The fraction of sp³-hybridized carbons (Fsp3) is 0.357. The van der Waals surface area contributed by atoms with Crippen molar-refractivity contribution in [2.24, 2.45) is 11.8 Å². The van der Waals surface area contributed by atoms with E-state index >= 15 is 0 Å². The van der Waals surface area contributed by atoms with Crippen molar-refractivity contribution in [1.29, 1.82) is 0 Å². The minimum absolute atomic E-state index is 0.0879. The highest BCUT2D eigenvalue weighted by Crippen LogP contribution is 2.41. The zero-order valence-electron chi connectivity index (χ0n) is 12.0. The van der Waals surface area contributed by atoms with E-state index in [0.717, 1.165) is 0 Å². The second-order valence-electron chi connectivity index (χ2n) is 5.51. The molecule has 0 unspecified atom stereocenters. The number of aliphatic carboxylic acids is 1. The molecule has 1 aromatic heterocycles. The molecular weight excluding hydrogens is 367 g/mol. The highest BCUT2D eigenvalue weighted by molar-refractivity contribution is 7.89. The Morgan fingerprint density at radius 3 is 2.50 bits per heavy atom. The van der Waals surface area contributed by atoms with Crippen molar-refractivity contribution in [1.82, 2.24) is 4.31 Å². The summed E-state index contributed by atoms with van der Waals surface area (Å²) < 4.78 is 65.9. The van der Waals surface area contributed by atoms with Gasteiger partial charge in [-0.05, 0) is 6.07 Å². The molecule has 0 aliphatic carbocycles. The van der Waals surface area contributed by atoms with Crippen LogP contribution in [0.1, 0.15) is 0 Å². The Kier molecular flexibility index (Phi) is 4.09. The van der Waals surface area contributed by atoms with Crippen LogP contribution < -0.4 is 0 Å². The molecule has 24 heavy (non-hydrogen) atoms. The van der Waals surface area contributed by atoms with E-state index in [1.54, 1.807) is 24.3 Å². The van der Waals surface area contributed by atoms with Crippen LogP contribution in [0.25, 0.3) is 10.1 Å². The van der Waals surface area contributed by atoms with Crippen LogP contribution in [0.3, 0.4) is 0 Å². The molecular formula is C14H12F3NO4S2. The molecule has 0 saturated carbocycles. The first-order valence-corrected chi connectivity index (χ1v) is 9.20. The topological polar surface area (TPSA) is 74.7 Å². The van der Waals surface area contributed by atoms with Crippen molar-refractivity contribution in [3.63, 3.8) is 0 Å². The summed E-state index contributed by atoms with van der Waals surface area (Å²) in [7, 11) is -4.20. The normalized spacial score (nSPS) is 23.0. The Bertz CT molecular complexity index is 891. The lowest BCUT2D eigenvalue weighted by molar-refractivity contribution is -0.187. The number of hydrogen-bond acceptors (Lipinski definition) is 4. The van der Waals surface area contributed by atoms with Crippen LogP contribution >= 0.6 is 11.3 Å². The molecule has 0 spiro atoms. The molecule has 1 aromatic carbocycles. The van der Waals surface area contributed by atoms with Crippen LogP contribution in [-0.4, -0.2) is 43.1 Å². The van der Waals surface area contributed by atoms with Gasteiger partial charge in [0.05, 0.1) is 11.8 Å². The molecule has 2 aromatic rings. The van der Waals surface area contributed by atoms with Gasteiger partial charge in [-0.15, -0.1) is 11.3 Å². The molecule has 1 aliphatic heterocycles. The third kappa shape index (κ3) is 2.78. The number of carboxylic acid groups (broad SMARTS) is 1. The lowest BCUT2D eigenvalue weighted by Crippen LogP contribution is -2.34. The van der Waals surface area contributed by atoms with Crippen LogP contribution in [0.5, 0.6) is 0 Å². The number of thiophene rings is 1. The van der Waals surface area contributed by atoms with Crippen LogP contribution in [0.15, 0.2) is 34.5 Å². The lowest BCUT2D eigenvalue weighted by atomic mass is 9.96. The van der Waals surface area contributed by atoms with E-state index in [4.69, 9.17) is 5.11 Å². The third-order valence-electron chi connectivity index (χ3n) is 4.09. The van der Waals surface area contributed by atoms with Gasteiger partial charge in [0.1, 0.15) is 4.90 Å². The van der Waals surface area contributed by atoms with Gasteiger partial charge in [-0.25, -0.2) is 8.42 Å². The Labute approximate surface area is 139 Å². The Hall–Kier alpha value is -1.65. The molecule has 0 radical (unpaired) electrons. The van der Waals surface area contributed by atoms with Gasteiger partial charge in [0, 0.05) is 28.6 Å². The number of carboxylic acids is 1. The molecule has 3 rings (SSSR count). The quantitative estimate of drug-likeness (QED) is 0.890. The van der Waals surface area contributed by atoms with Gasteiger partial charge in [-0.3, -0.25) is 4.79 Å². The van der Waals surface area contributed by atoms with Gasteiger partial charge in [0.15, 0.2) is 0 Å². The van der Waals surface area contributed by atoms with Crippen LogP contribution in [-0.2, 0) is 14.8 Å². The van der Waals surface area contributed by atoms with Gasteiger partial charge in [0.2, 0.25) is 10.0 Å². The van der Waals surface area contributed by atoms with Crippen LogP contribution in [0, 0.1) is 11.8 Å². The largest absolute Gasteiger partial charge is 0.481 e. The number of sulfonamides is 1. The molecule has 0 amide bonds. The van der Waals surface area contributed by atoms with E-state index in [0.29, 0.717) is 14.4 Å². The van der Waals surface area contributed by atoms with Crippen molar-refractivity contribution in [2.75, 3.05) is 13.1 Å². The summed E-state index contributed by atoms with van der Waals surface area (Å²) in [6.45, 7) is -1.57. The van der Waals surface area contributed by atoms with Gasteiger partial charge < -0.3 is 5.11 Å². The molecule has 5 nitrogen and oxygen atoms in total. The molecule has 1 saturated heterocycles. The van der Waals surface area contributed by atoms with Gasteiger partial charge in [-0.1, -0.05) is 18.2 Å². The van der Waals surface area contributed by atoms with E-state index in [-0.39, 0.29) is 4.90 Å². The van der Waals surface area contributed by atoms with Crippen LogP contribution in [0.2, 0.25) is 0 Å². The fourth-order valence-electron chi connectivity index (χ4n) is 2.84. The molecule has 1 fully saturated rings. The number of halogens is 3. The molecule has 1 aliphatic rings. The highest BCUT2D eigenvalue weighted by atomic mass is 32.2. The lowest BCUT2D eigenvalue weighted by Gasteiger charge is -2.18. The Morgan fingerprint density at radius 1 is 1.25 bits per heavy atom. The average molecular weight is 379 g/mol. The number of fused-ring (bicyclic) bond motifs is 1. The predicted molar refractivity (Wildman–Crippen MR) is 81.3 cm³/mol. The zero-order chi connectivity index (χ0) is 17.7. The van der Waals surface area contributed by atoms with Crippen molar-refractivity contribution < 1.29 is 31.5 Å². The van der Waals surface area contributed by atoms with E-state index < -0.39 is 47.1 Å². The van der Waals surface area contributed by atoms with Gasteiger partial charge >= 0.3 is 12.1 Å². The van der Waals surface area contributed by atoms with Gasteiger partial charge in [-0.2, -0.15) is 17.5 Å². The molecule has 130 valence electrons. The maximum absolute atomic E-state index is 13.0. The molecule has 2 atom stereocenters. The molecule has 1 N–H and O–H groups in total. The Morgan fingerprint density at radius 2 is 1.92 bits per heavy atom. The standard InChI is InChI=1S/C14H12F3NO4S2/c15-14(16,17)10-6-18(5-9(10)13(19)20)24(21,22)12-7-23-11-4-2-1-3-8(11)12/h1-4,7,9-10H,5-6H2,(H,19,20)/t9-,10-/m1/s1. The summed E-state index contributed by atoms with van der Waals surface area (Å²) in [4.78, 5) is 11.0.